The number of nitrogens with zero attached hydrogens (tertiary/aromatic N) is 1. The summed E-state index contributed by atoms with van der Waals surface area (Å²) in [6.45, 7) is 3.44. The number of aliphatic imine (C=N–C) groups is 1. The van der Waals surface area contributed by atoms with Gasteiger partial charge in [0.05, 0.1) is 13.2 Å². The van der Waals surface area contributed by atoms with Crippen LogP contribution in [0.4, 0.5) is 8.78 Å². The van der Waals surface area contributed by atoms with E-state index in [1.807, 2.05) is 31.2 Å². The summed E-state index contributed by atoms with van der Waals surface area (Å²) in [6, 6.07) is 11.0. The first-order valence-corrected chi connectivity index (χ1v) is 8.27. The maximum absolute atomic E-state index is 13.6. The Kier molecular flexibility index (Phi) is 7.35. The van der Waals surface area contributed by atoms with Crippen LogP contribution in [0.2, 0.25) is 0 Å². The van der Waals surface area contributed by atoms with Gasteiger partial charge in [-0.3, -0.25) is 0 Å². The summed E-state index contributed by atoms with van der Waals surface area (Å²) in [5.74, 6) is -0.272. The molecule has 0 fully saturated rings. The number of hydrogen-bond donors (Lipinski definition) is 3. The van der Waals surface area contributed by atoms with Crippen molar-refractivity contribution in [1.29, 1.82) is 0 Å². The Labute approximate surface area is 146 Å². The van der Waals surface area contributed by atoms with Crippen molar-refractivity contribution in [1.82, 2.24) is 10.6 Å². The minimum atomic E-state index is -0.447. The summed E-state index contributed by atoms with van der Waals surface area (Å²) in [4.78, 5) is 4.48. The lowest BCUT2D eigenvalue weighted by Crippen LogP contribution is -2.38. The van der Waals surface area contributed by atoms with E-state index in [0.29, 0.717) is 37.6 Å². The van der Waals surface area contributed by atoms with Gasteiger partial charge in [-0.1, -0.05) is 24.3 Å². The fourth-order valence-electron chi connectivity index (χ4n) is 2.42. The first kappa shape index (κ1) is 18.9. The van der Waals surface area contributed by atoms with E-state index in [9.17, 15) is 13.9 Å². The molecule has 2 rings (SSSR count). The monoisotopic (exact) mass is 347 g/mol. The maximum Gasteiger partial charge on any atom is 0.191 e. The first-order chi connectivity index (χ1) is 12.1. The van der Waals surface area contributed by atoms with E-state index in [1.165, 1.54) is 6.07 Å². The van der Waals surface area contributed by atoms with Crippen molar-refractivity contribution in [3.63, 3.8) is 0 Å². The molecule has 2 aromatic carbocycles. The largest absolute Gasteiger partial charge is 0.392 e. The molecule has 0 bridgehead atoms. The molecule has 0 saturated heterocycles. The highest BCUT2D eigenvalue weighted by Gasteiger charge is 2.05. The van der Waals surface area contributed by atoms with Crippen LogP contribution in [0.1, 0.15) is 23.6 Å². The van der Waals surface area contributed by atoms with Gasteiger partial charge >= 0.3 is 0 Å². The first-order valence-electron chi connectivity index (χ1n) is 8.27. The lowest BCUT2D eigenvalue weighted by atomic mass is 10.1. The van der Waals surface area contributed by atoms with Gasteiger partial charge in [0, 0.05) is 13.1 Å². The SMILES string of the molecule is CCNC(=NCc1ccccc1CO)NCCc1cc(F)ccc1F. The average molecular weight is 347 g/mol. The lowest BCUT2D eigenvalue weighted by Gasteiger charge is -2.12. The molecule has 0 saturated carbocycles. The molecule has 0 aliphatic heterocycles. The van der Waals surface area contributed by atoms with Crippen molar-refractivity contribution in [2.45, 2.75) is 26.5 Å². The summed E-state index contributed by atoms with van der Waals surface area (Å²) in [7, 11) is 0. The normalized spacial score (nSPS) is 11.4. The predicted octanol–water partition coefficient (Wildman–Crippen LogP) is 2.75. The molecule has 0 unspecified atom stereocenters. The second-order valence-corrected chi connectivity index (χ2v) is 5.53. The highest BCUT2D eigenvalue weighted by Crippen LogP contribution is 2.11. The number of aliphatic hydroxyl groups excluding tert-OH is 1. The van der Waals surface area contributed by atoms with Crippen LogP contribution in [0, 0.1) is 11.6 Å². The zero-order valence-corrected chi connectivity index (χ0v) is 14.2. The van der Waals surface area contributed by atoms with Crippen LogP contribution in [-0.4, -0.2) is 24.2 Å². The highest BCUT2D eigenvalue weighted by atomic mass is 19.1. The Morgan fingerprint density at radius 3 is 2.52 bits per heavy atom. The van der Waals surface area contributed by atoms with Crippen LogP contribution in [0.15, 0.2) is 47.5 Å². The van der Waals surface area contributed by atoms with Gasteiger partial charge < -0.3 is 15.7 Å². The van der Waals surface area contributed by atoms with Crippen molar-refractivity contribution < 1.29 is 13.9 Å². The van der Waals surface area contributed by atoms with Gasteiger partial charge in [-0.2, -0.15) is 0 Å². The molecule has 0 spiro atoms. The minimum Gasteiger partial charge on any atom is -0.392 e. The third-order valence-electron chi connectivity index (χ3n) is 3.74. The van der Waals surface area contributed by atoms with Crippen LogP contribution >= 0.6 is 0 Å². The molecule has 0 aliphatic carbocycles. The summed E-state index contributed by atoms with van der Waals surface area (Å²) >= 11 is 0. The molecule has 4 nitrogen and oxygen atoms in total. The smallest absolute Gasteiger partial charge is 0.191 e. The molecule has 25 heavy (non-hydrogen) atoms. The molecule has 0 aromatic heterocycles. The van der Waals surface area contributed by atoms with Gasteiger partial charge in [-0.25, -0.2) is 13.8 Å². The van der Waals surface area contributed by atoms with Crippen LogP contribution < -0.4 is 10.6 Å². The summed E-state index contributed by atoms with van der Waals surface area (Å²) in [5.41, 5.74) is 2.11. The van der Waals surface area contributed by atoms with E-state index in [1.54, 1.807) is 0 Å². The highest BCUT2D eigenvalue weighted by molar-refractivity contribution is 5.79. The molecule has 2 aromatic rings. The average Bonchev–Trinajstić information content (AvgIpc) is 2.62. The van der Waals surface area contributed by atoms with Crippen LogP contribution in [0.25, 0.3) is 0 Å². The number of aliphatic hydroxyl groups is 1. The molecule has 0 atom stereocenters. The minimum absolute atomic E-state index is 0.0332. The van der Waals surface area contributed by atoms with Crippen molar-refractivity contribution in [3.8, 4) is 0 Å². The van der Waals surface area contributed by atoms with E-state index in [-0.39, 0.29) is 6.61 Å². The third-order valence-corrected chi connectivity index (χ3v) is 3.74. The Morgan fingerprint density at radius 2 is 1.80 bits per heavy atom. The topological polar surface area (TPSA) is 56.7 Å². The van der Waals surface area contributed by atoms with E-state index < -0.39 is 11.6 Å². The van der Waals surface area contributed by atoms with E-state index in [2.05, 4.69) is 15.6 Å². The third kappa shape index (κ3) is 5.83. The summed E-state index contributed by atoms with van der Waals surface area (Å²) in [5, 5.41) is 15.6. The number of nitrogens with one attached hydrogen (secondary N) is 2. The van der Waals surface area contributed by atoms with Gasteiger partial charge in [-0.05, 0) is 48.2 Å². The van der Waals surface area contributed by atoms with Crippen molar-refractivity contribution in [2.75, 3.05) is 13.1 Å². The Balaban J connectivity index is 1.96. The van der Waals surface area contributed by atoms with E-state index >= 15 is 0 Å². The summed E-state index contributed by atoms with van der Waals surface area (Å²) in [6.07, 6.45) is 0.348. The second-order valence-electron chi connectivity index (χ2n) is 5.53. The standard InChI is InChI=1S/C19H23F2N3O/c1-2-22-19(24-12-15-5-3-4-6-16(15)13-25)23-10-9-14-11-17(20)7-8-18(14)21/h3-8,11,25H,2,9-10,12-13H2,1H3,(H2,22,23,24). The van der Waals surface area contributed by atoms with Crippen molar-refractivity contribution in [2.24, 2.45) is 4.99 Å². The molecule has 0 amide bonds. The summed E-state index contributed by atoms with van der Waals surface area (Å²) < 4.78 is 26.8. The fraction of sp³-hybridized carbons (Fsp3) is 0.316. The van der Waals surface area contributed by atoms with Crippen molar-refractivity contribution in [3.05, 3.63) is 70.8 Å². The van der Waals surface area contributed by atoms with Crippen LogP contribution in [-0.2, 0) is 19.6 Å². The molecular weight excluding hydrogens is 324 g/mol. The molecule has 0 heterocycles. The van der Waals surface area contributed by atoms with Gasteiger partial charge in [0.25, 0.3) is 0 Å². The number of rotatable bonds is 7. The fourth-order valence-corrected chi connectivity index (χ4v) is 2.42. The van der Waals surface area contributed by atoms with Gasteiger partial charge in [-0.15, -0.1) is 0 Å². The van der Waals surface area contributed by atoms with Gasteiger partial charge in [0.2, 0.25) is 0 Å². The maximum atomic E-state index is 13.6. The second kappa shape index (κ2) is 9.74. The van der Waals surface area contributed by atoms with E-state index in [0.717, 1.165) is 23.3 Å². The van der Waals surface area contributed by atoms with Crippen LogP contribution in [0.5, 0.6) is 0 Å². The molecule has 0 radical (unpaired) electrons. The zero-order valence-electron chi connectivity index (χ0n) is 14.2. The van der Waals surface area contributed by atoms with Crippen molar-refractivity contribution >= 4 is 5.96 Å². The molecule has 6 heteroatoms. The van der Waals surface area contributed by atoms with Gasteiger partial charge in [0.1, 0.15) is 11.6 Å². The quantitative estimate of drug-likeness (QED) is 0.533. The van der Waals surface area contributed by atoms with E-state index in [4.69, 9.17) is 0 Å². The number of benzene rings is 2. The molecular formula is C19H23F2N3O. The molecule has 3 N–H and O–H groups in total. The predicted molar refractivity (Wildman–Crippen MR) is 95.2 cm³/mol. The number of hydrogen-bond acceptors (Lipinski definition) is 2. The van der Waals surface area contributed by atoms with Crippen LogP contribution in [0.3, 0.4) is 0 Å². The molecule has 0 aliphatic rings. The Hall–Kier alpha value is -2.47. The zero-order chi connectivity index (χ0) is 18.1. The lowest BCUT2D eigenvalue weighted by molar-refractivity contribution is 0.280. The van der Waals surface area contributed by atoms with Gasteiger partial charge in [0.15, 0.2) is 5.96 Å². The number of halogens is 2. The Morgan fingerprint density at radius 1 is 1.04 bits per heavy atom. The Bertz CT molecular complexity index is 720. The molecule has 134 valence electrons. The number of guanidine groups is 1.